The van der Waals surface area contributed by atoms with Crippen LogP contribution in [0.3, 0.4) is 0 Å². The predicted molar refractivity (Wildman–Crippen MR) is 88.6 cm³/mol. The fraction of sp³-hybridized carbons (Fsp3) is 0.200. The number of nitrogens with one attached hydrogen (secondary N) is 2. The molecule has 7 nitrogen and oxygen atoms in total. The van der Waals surface area contributed by atoms with Crippen molar-refractivity contribution in [3.8, 4) is 0 Å². The lowest BCUT2D eigenvalue weighted by Crippen LogP contribution is -2.06. The summed E-state index contributed by atoms with van der Waals surface area (Å²) in [5.74, 6) is 0.829. The van der Waals surface area contributed by atoms with E-state index in [2.05, 4.69) is 37.5 Å². The minimum absolute atomic E-state index is 0.544. The molecule has 3 aromatic heterocycles. The lowest BCUT2D eigenvalue weighted by Gasteiger charge is -2.07. The number of aryl methyl sites for hydroxylation is 1. The summed E-state index contributed by atoms with van der Waals surface area (Å²) in [5.41, 5.74) is 4.36. The van der Waals surface area contributed by atoms with Gasteiger partial charge in [0.25, 0.3) is 0 Å². The first-order chi connectivity index (χ1) is 11.2. The van der Waals surface area contributed by atoms with Gasteiger partial charge in [-0.05, 0) is 30.7 Å². The highest BCUT2D eigenvalue weighted by Gasteiger charge is 2.09. The third kappa shape index (κ3) is 2.59. The predicted octanol–water partition coefficient (Wildman–Crippen LogP) is 2.83. The second-order valence-electron chi connectivity index (χ2n) is 5.20. The van der Waals surface area contributed by atoms with Crippen molar-refractivity contribution < 1.29 is 0 Å². The number of nitrogens with zero attached hydrogens (tertiary/aromatic N) is 5. The van der Waals surface area contributed by atoms with Crippen molar-refractivity contribution in [1.29, 1.82) is 0 Å². The normalized spacial score (nSPS) is 11.4. The van der Waals surface area contributed by atoms with Crippen LogP contribution in [-0.2, 0) is 13.0 Å². The standard InChI is InChI=1S/C15H14ClN7/c1-2-10-6-13(15-21-18-8-23(15)22-10)17-7-14-19-11-4-3-9(16)5-12(11)20-14/h3-6,8,17H,2,7H2,1H3,(H,19,20). The summed E-state index contributed by atoms with van der Waals surface area (Å²) in [6, 6.07) is 7.59. The molecule has 0 aliphatic carbocycles. The molecule has 0 unspecified atom stereocenters. The Kier molecular flexibility index (Phi) is 3.34. The quantitative estimate of drug-likeness (QED) is 0.602. The Bertz CT molecular complexity index is 988. The molecule has 0 atom stereocenters. The molecule has 0 amide bonds. The van der Waals surface area contributed by atoms with Crippen molar-refractivity contribution in [2.24, 2.45) is 0 Å². The van der Waals surface area contributed by atoms with Crippen molar-refractivity contribution in [1.82, 2.24) is 29.8 Å². The third-order valence-corrected chi connectivity index (χ3v) is 3.86. The zero-order valence-electron chi connectivity index (χ0n) is 12.4. The van der Waals surface area contributed by atoms with Gasteiger partial charge in [0, 0.05) is 5.02 Å². The highest BCUT2D eigenvalue weighted by molar-refractivity contribution is 6.31. The summed E-state index contributed by atoms with van der Waals surface area (Å²) in [7, 11) is 0. The molecule has 4 rings (SSSR count). The number of hydrogen-bond acceptors (Lipinski definition) is 5. The average molecular weight is 328 g/mol. The van der Waals surface area contributed by atoms with Crippen molar-refractivity contribution in [3.05, 3.63) is 47.1 Å². The van der Waals surface area contributed by atoms with Crippen LogP contribution in [0.25, 0.3) is 16.7 Å². The maximum atomic E-state index is 6.00. The molecule has 3 heterocycles. The number of H-pyrrole nitrogens is 1. The molecular weight excluding hydrogens is 314 g/mol. The Labute approximate surface area is 136 Å². The number of aromatic amines is 1. The Morgan fingerprint density at radius 1 is 1.30 bits per heavy atom. The minimum atomic E-state index is 0.544. The zero-order chi connectivity index (χ0) is 15.8. The van der Waals surface area contributed by atoms with Crippen molar-refractivity contribution >= 4 is 34.0 Å². The van der Waals surface area contributed by atoms with Gasteiger partial charge in [0.05, 0.1) is 29.0 Å². The van der Waals surface area contributed by atoms with Crippen LogP contribution in [0.4, 0.5) is 5.69 Å². The van der Waals surface area contributed by atoms with Gasteiger partial charge >= 0.3 is 0 Å². The largest absolute Gasteiger partial charge is 0.375 e. The average Bonchev–Trinajstić information content (AvgIpc) is 3.17. The number of halogens is 1. The number of hydrogen-bond donors (Lipinski definition) is 2. The summed E-state index contributed by atoms with van der Waals surface area (Å²) in [6.07, 6.45) is 2.44. The topological polar surface area (TPSA) is 83.8 Å². The Morgan fingerprint density at radius 3 is 3.09 bits per heavy atom. The molecule has 1 aromatic carbocycles. The smallest absolute Gasteiger partial charge is 0.200 e. The second kappa shape index (κ2) is 5.51. The summed E-state index contributed by atoms with van der Waals surface area (Å²) in [5, 5.41) is 16.5. The molecule has 0 saturated carbocycles. The Balaban J connectivity index is 1.63. The van der Waals surface area contributed by atoms with Crippen LogP contribution in [0.5, 0.6) is 0 Å². The molecule has 23 heavy (non-hydrogen) atoms. The van der Waals surface area contributed by atoms with Crippen molar-refractivity contribution in [2.75, 3.05) is 5.32 Å². The lowest BCUT2D eigenvalue weighted by molar-refractivity contribution is 0.855. The fourth-order valence-corrected chi connectivity index (χ4v) is 2.65. The van der Waals surface area contributed by atoms with E-state index in [9.17, 15) is 0 Å². The van der Waals surface area contributed by atoms with Crippen LogP contribution in [0.15, 0.2) is 30.6 Å². The molecule has 116 valence electrons. The molecule has 4 aromatic rings. The first-order valence-corrected chi connectivity index (χ1v) is 7.68. The van der Waals surface area contributed by atoms with Crippen LogP contribution >= 0.6 is 11.6 Å². The number of benzene rings is 1. The first kappa shape index (κ1) is 14.0. The molecular formula is C15H14ClN7. The number of anilines is 1. The van der Waals surface area contributed by atoms with Gasteiger partial charge in [-0.3, -0.25) is 0 Å². The van der Waals surface area contributed by atoms with E-state index in [1.165, 1.54) is 0 Å². The molecule has 0 saturated heterocycles. The van der Waals surface area contributed by atoms with Crippen LogP contribution in [0.1, 0.15) is 18.4 Å². The summed E-state index contributed by atoms with van der Waals surface area (Å²) >= 11 is 6.00. The van der Waals surface area contributed by atoms with E-state index in [0.29, 0.717) is 17.2 Å². The Hall–Kier alpha value is -2.67. The van der Waals surface area contributed by atoms with Gasteiger partial charge in [-0.1, -0.05) is 18.5 Å². The number of imidazole rings is 1. The van der Waals surface area contributed by atoms with E-state index in [0.717, 1.165) is 34.7 Å². The highest BCUT2D eigenvalue weighted by Crippen LogP contribution is 2.19. The maximum Gasteiger partial charge on any atom is 0.200 e. The highest BCUT2D eigenvalue weighted by atomic mass is 35.5. The van der Waals surface area contributed by atoms with Gasteiger partial charge in [-0.2, -0.15) is 9.61 Å². The number of fused-ring (bicyclic) bond motifs is 2. The molecule has 0 spiro atoms. The third-order valence-electron chi connectivity index (χ3n) is 3.62. The molecule has 8 heteroatoms. The fourth-order valence-electron chi connectivity index (χ4n) is 2.48. The van der Waals surface area contributed by atoms with Gasteiger partial charge in [0.2, 0.25) is 5.65 Å². The molecule has 2 N–H and O–H groups in total. The van der Waals surface area contributed by atoms with E-state index >= 15 is 0 Å². The Morgan fingerprint density at radius 2 is 2.22 bits per heavy atom. The van der Waals surface area contributed by atoms with Gasteiger partial charge in [0.15, 0.2) is 0 Å². The zero-order valence-corrected chi connectivity index (χ0v) is 13.2. The molecule has 0 bridgehead atoms. The van der Waals surface area contributed by atoms with Gasteiger partial charge in [0.1, 0.15) is 12.2 Å². The molecule has 0 fully saturated rings. The van der Waals surface area contributed by atoms with Gasteiger partial charge in [-0.25, -0.2) is 4.98 Å². The van der Waals surface area contributed by atoms with Crippen molar-refractivity contribution in [3.63, 3.8) is 0 Å². The van der Waals surface area contributed by atoms with Crippen LogP contribution in [-0.4, -0.2) is 29.8 Å². The second-order valence-corrected chi connectivity index (χ2v) is 5.64. The SMILES string of the molecule is CCc1cc(NCc2nc3ccc(Cl)cc3[nH]2)c2nncn2n1. The summed E-state index contributed by atoms with van der Waals surface area (Å²) in [4.78, 5) is 7.80. The van der Waals surface area contributed by atoms with E-state index in [1.807, 2.05) is 24.3 Å². The first-order valence-electron chi connectivity index (χ1n) is 7.31. The van der Waals surface area contributed by atoms with Crippen LogP contribution in [0, 0.1) is 0 Å². The lowest BCUT2D eigenvalue weighted by atomic mass is 10.3. The van der Waals surface area contributed by atoms with E-state index in [-0.39, 0.29) is 0 Å². The summed E-state index contributed by atoms with van der Waals surface area (Å²) in [6.45, 7) is 2.60. The van der Waals surface area contributed by atoms with Gasteiger partial charge in [-0.15, -0.1) is 10.2 Å². The molecule has 0 aliphatic heterocycles. The van der Waals surface area contributed by atoms with Crippen molar-refractivity contribution in [2.45, 2.75) is 19.9 Å². The number of rotatable bonds is 4. The maximum absolute atomic E-state index is 6.00. The van der Waals surface area contributed by atoms with E-state index < -0.39 is 0 Å². The molecule has 0 aliphatic rings. The monoisotopic (exact) mass is 327 g/mol. The van der Waals surface area contributed by atoms with E-state index in [1.54, 1.807) is 10.8 Å². The molecule has 0 radical (unpaired) electrons. The van der Waals surface area contributed by atoms with Crippen LogP contribution in [0.2, 0.25) is 5.02 Å². The number of aromatic nitrogens is 6. The van der Waals surface area contributed by atoms with Gasteiger partial charge < -0.3 is 10.3 Å². The van der Waals surface area contributed by atoms with E-state index in [4.69, 9.17) is 11.6 Å². The summed E-state index contributed by atoms with van der Waals surface area (Å²) < 4.78 is 1.68. The minimum Gasteiger partial charge on any atom is -0.375 e. The van der Waals surface area contributed by atoms with Crippen LogP contribution < -0.4 is 5.32 Å².